The Morgan fingerprint density at radius 1 is 1.17 bits per heavy atom. The van der Waals surface area contributed by atoms with E-state index >= 15 is 0 Å². The predicted octanol–water partition coefficient (Wildman–Crippen LogP) is -2.28. The molecule has 6 heteroatoms. The minimum Gasteiger partial charge on any atom is -0.394 e. The average molecular weight is 196 g/mol. The van der Waals surface area contributed by atoms with E-state index in [-0.39, 0.29) is 0 Å². The molecule has 0 aromatic carbocycles. The molecule has 72 valence electrons. The van der Waals surface area contributed by atoms with Gasteiger partial charge in [-0.15, -0.1) is 0 Å². The van der Waals surface area contributed by atoms with Crippen molar-refractivity contribution in [1.82, 2.24) is 0 Å². The number of hydrogen-bond donors (Lipinski definition) is 5. The van der Waals surface area contributed by atoms with E-state index in [0.717, 1.165) is 0 Å². The van der Waals surface area contributed by atoms with Crippen LogP contribution in [0.2, 0.25) is 0 Å². The summed E-state index contributed by atoms with van der Waals surface area (Å²) in [7, 11) is 0. The van der Waals surface area contributed by atoms with E-state index < -0.39 is 36.5 Å². The van der Waals surface area contributed by atoms with Gasteiger partial charge in [-0.3, -0.25) is 0 Å². The minimum atomic E-state index is -1.26. The SMILES string of the molecule is OC[C@H]1OC(O)[C@H](S)[C@@H](O)[C@H]1O. The third kappa shape index (κ3) is 1.73. The second-order valence-electron chi connectivity index (χ2n) is 2.72. The largest absolute Gasteiger partial charge is 0.394 e. The summed E-state index contributed by atoms with van der Waals surface area (Å²) in [6.45, 7) is -0.449. The van der Waals surface area contributed by atoms with E-state index in [4.69, 9.17) is 14.9 Å². The van der Waals surface area contributed by atoms with Gasteiger partial charge in [-0.25, -0.2) is 0 Å². The lowest BCUT2D eigenvalue weighted by Crippen LogP contribution is -2.56. The van der Waals surface area contributed by atoms with Crippen molar-refractivity contribution < 1.29 is 25.2 Å². The highest BCUT2D eigenvalue weighted by atomic mass is 32.1. The van der Waals surface area contributed by atoms with Gasteiger partial charge >= 0.3 is 0 Å². The third-order valence-electron chi connectivity index (χ3n) is 1.87. The van der Waals surface area contributed by atoms with Gasteiger partial charge in [-0.2, -0.15) is 12.6 Å². The van der Waals surface area contributed by atoms with Crippen LogP contribution in [0.5, 0.6) is 0 Å². The Labute approximate surface area is 75.0 Å². The van der Waals surface area contributed by atoms with Crippen LogP contribution in [0.1, 0.15) is 0 Å². The first-order valence-electron chi connectivity index (χ1n) is 3.56. The fourth-order valence-corrected chi connectivity index (χ4v) is 1.33. The zero-order valence-electron chi connectivity index (χ0n) is 6.24. The summed E-state index contributed by atoms with van der Waals surface area (Å²) >= 11 is 3.82. The molecular formula is C6H12O5S. The molecule has 5 atom stereocenters. The van der Waals surface area contributed by atoms with E-state index in [1.165, 1.54) is 0 Å². The molecule has 0 amide bonds. The summed E-state index contributed by atoms with van der Waals surface area (Å²) in [5.74, 6) is 0. The van der Waals surface area contributed by atoms with Crippen LogP contribution < -0.4 is 0 Å². The molecule has 12 heavy (non-hydrogen) atoms. The fourth-order valence-electron chi connectivity index (χ4n) is 1.08. The van der Waals surface area contributed by atoms with E-state index in [9.17, 15) is 10.2 Å². The molecule has 1 unspecified atom stereocenters. The van der Waals surface area contributed by atoms with Crippen LogP contribution in [-0.2, 0) is 4.74 Å². The summed E-state index contributed by atoms with van der Waals surface area (Å²) in [5.41, 5.74) is 0. The topological polar surface area (TPSA) is 90.2 Å². The quantitative estimate of drug-likeness (QED) is 0.305. The molecule has 1 fully saturated rings. The van der Waals surface area contributed by atoms with Gasteiger partial charge in [-0.05, 0) is 0 Å². The van der Waals surface area contributed by atoms with E-state index in [1.807, 2.05) is 0 Å². The van der Waals surface area contributed by atoms with Crippen LogP contribution in [0.25, 0.3) is 0 Å². The van der Waals surface area contributed by atoms with E-state index in [1.54, 1.807) is 0 Å². The van der Waals surface area contributed by atoms with Crippen LogP contribution in [0.3, 0.4) is 0 Å². The molecule has 5 nitrogen and oxygen atoms in total. The summed E-state index contributed by atoms with van der Waals surface area (Å²) in [5, 5.41) is 35.4. The minimum absolute atomic E-state index is 0.449. The number of aliphatic hydroxyl groups is 4. The third-order valence-corrected chi connectivity index (χ3v) is 2.43. The Bertz CT molecular complexity index is 150. The Balaban J connectivity index is 2.63. The highest BCUT2D eigenvalue weighted by molar-refractivity contribution is 7.81. The smallest absolute Gasteiger partial charge is 0.169 e. The Morgan fingerprint density at radius 3 is 2.25 bits per heavy atom. The zero-order valence-corrected chi connectivity index (χ0v) is 7.13. The van der Waals surface area contributed by atoms with Crippen LogP contribution in [-0.4, -0.2) is 56.9 Å². The molecule has 0 aromatic rings. The molecule has 1 aliphatic heterocycles. The number of thiol groups is 1. The lowest BCUT2D eigenvalue weighted by atomic mass is 10.0. The second-order valence-corrected chi connectivity index (χ2v) is 3.32. The van der Waals surface area contributed by atoms with Gasteiger partial charge in [0.25, 0.3) is 0 Å². The summed E-state index contributed by atoms with van der Waals surface area (Å²) in [4.78, 5) is 0. The normalized spacial score (nSPS) is 49.2. The molecule has 1 saturated heterocycles. The first-order chi connectivity index (χ1) is 5.57. The van der Waals surface area contributed by atoms with Crippen molar-refractivity contribution in [3.05, 3.63) is 0 Å². The van der Waals surface area contributed by atoms with Crippen molar-refractivity contribution in [2.75, 3.05) is 6.61 Å². The second kappa shape index (κ2) is 3.91. The van der Waals surface area contributed by atoms with Gasteiger partial charge < -0.3 is 25.2 Å². The molecule has 4 N–H and O–H groups in total. The number of aliphatic hydroxyl groups excluding tert-OH is 4. The summed E-state index contributed by atoms with van der Waals surface area (Å²) in [6.07, 6.45) is -4.60. The van der Waals surface area contributed by atoms with Crippen LogP contribution >= 0.6 is 12.6 Å². The Morgan fingerprint density at radius 2 is 1.75 bits per heavy atom. The van der Waals surface area contributed by atoms with Gasteiger partial charge in [-0.1, -0.05) is 0 Å². The van der Waals surface area contributed by atoms with Crippen LogP contribution in [0, 0.1) is 0 Å². The molecule has 1 heterocycles. The number of ether oxygens (including phenoxy) is 1. The van der Waals surface area contributed by atoms with Gasteiger partial charge in [0.15, 0.2) is 6.29 Å². The highest BCUT2D eigenvalue weighted by Gasteiger charge is 2.41. The van der Waals surface area contributed by atoms with Gasteiger partial charge in [0.1, 0.15) is 12.2 Å². The maximum atomic E-state index is 9.24. The zero-order chi connectivity index (χ0) is 9.30. The van der Waals surface area contributed by atoms with E-state index in [0.29, 0.717) is 0 Å². The standard InChI is InChI=1S/C6H12O5S/c7-1-2-3(8)4(9)5(12)6(10)11-2/h2-10,12H,1H2/t2-,3+,4+,5-,6?/m1/s1. The maximum Gasteiger partial charge on any atom is 0.169 e. The van der Waals surface area contributed by atoms with Crippen molar-refractivity contribution in [3.8, 4) is 0 Å². The summed E-state index contributed by atoms with van der Waals surface area (Å²) in [6, 6.07) is 0. The van der Waals surface area contributed by atoms with Crippen LogP contribution in [0.4, 0.5) is 0 Å². The highest BCUT2D eigenvalue weighted by Crippen LogP contribution is 2.22. The number of rotatable bonds is 1. The molecule has 1 aliphatic rings. The number of hydrogen-bond acceptors (Lipinski definition) is 6. The first kappa shape index (κ1) is 10.2. The molecule has 0 spiro atoms. The van der Waals surface area contributed by atoms with Gasteiger partial charge in [0, 0.05) is 0 Å². The maximum absolute atomic E-state index is 9.24. The molecule has 1 rings (SSSR count). The Hall–Kier alpha value is 0.150. The Kier molecular flexibility index (Phi) is 3.33. The van der Waals surface area contributed by atoms with Gasteiger partial charge in [0.2, 0.25) is 0 Å². The summed E-state index contributed by atoms with van der Waals surface area (Å²) < 4.78 is 4.75. The van der Waals surface area contributed by atoms with Gasteiger partial charge in [0.05, 0.1) is 18.0 Å². The monoisotopic (exact) mass is 196 g/mol. The van der Waals surface area contributed by atoms with Crippen molar-refractivity contribution in [2.45, 2.75) is 29.9 Å². The van der Waals surface area contributed by atoms with E-state index in [2.05, 4.69) is 12.6 Å². The molecule has 0 aliphatic carbocycles. The van der Waals surface area contributed by atoms with Crippen LogP contribution in [0.15, 0.2) is 0 Å². The molecule has 0 aromatic heterocycles. The molecule has 0 bridgehead atoms. The lowest BCUT2D eigenvalue weighted by molar-refractivity contribution is -0.234. The molecule has 0 radical (unpaired) electrons. The first-order valence-corrected chi connectivity index (χ1v) is 4.08. The fraction of sp³-hybridized carbons (Fsp3) is 1.00. The van der Waals surface area contributed by atoms with Crippen molar-refractivity contribution in [3.63, 3.8) is 0 Å². The molecular weight excluding hydrogens is 184 g/mol. The average Bonchev–Trinajstić information content (AvgIpc) is 2.08. The van der Waals surface area contributed by atoms with Crippen molar-refractivity contribution in [2.24, 2.45) is 0 Å². The van der Waals surface area contributed by atoms with Crippen molar-refractivity contribution in [1.29, 1.82) is 0 Å². The van der Waals surface area contributed by atoms with Crippen molar-refractivity contribution >= 4 is 12.6 Å². The predicted molar refractivity (Wildman–Crippen MR) is 42.8 cm³/mol. The molecule has 0 saturated carbocycles. The lowest BCUT2D eigenvalue weighted by Gasteiger charge is -2.37.